The summed E-state index contributed by atoms with van der Waals surface area (Å²) in [6.07, 6.45) is 6.49. The molecular weight excluding hydrogens is 248 g/mol. The number of hydrogen-bond acceptors (Lipinski definition) is 2. The maximum absolute atomic E-state index is 11.9. The van der Waals surface area contributed by atoms with Crippen molar-refractivity contribution in [1.29, 1.82) is 0 Å². The topological polar surface area (TPSA) is 23.6 Å². The normalized spacial score (nSPS) is 22.9. The molecule has 2 rings (SSSR count). The third kappa shape index (κ3) is 3.86. The van der Waals surface area contributed by atoms with E-state index in [-0.39, 0.29) is 19.8 Å². The van der Waals surface area contributed by atoms with Gasteiger partial charge in [-0.15, -0.1) is 12.4 Å². The number of carbonyl (C=O) groups excluding carboxylic acids is 1. The molecule has 0 saturated carbocycles. The molecule has 2 heterocycles. The van der Waals surface area contributed by atoms with Crippen LogP contribution in [0.1, 0.15) is 47.4 Å². The minimum atomic E-state index is 0. The third-order valence-corrected chi connectivity index (χ3v) is 4.18. The van der Waals surface area contributed by atoms with Gasteiger partial charge in [0.05, 0.1) is 0 Å². The Morgan fingerprint density at radius 2 is 1.61 bits per heavy atom. The largest absolute Gasteiger partial charge is 0.342 e. The summed E-state index contributed by atoms with van der Waals surface area (Å²) in [6, 6.07) is 0.742. The second-order valence-corrected chi connectivity index (χ2v) is 5.81. The maximum atomic E-state index is 11.9. The zero-order chi connectivity index (χ0) is 12.3. The zero-order valence-corrected chi connectivity index (χ0v) is 12.5. The lowest BCUT2D eigenvalue weighted by atomic mass is 9.99. The predicted octanol–water partition coefficient (Wildman–Crippen LogP) is 2.79. The summed E-state index contributed by atoms with van der Waals surface area (Å²) in [6.45, 7) is 8.50. The number of carbonyl (C=O) groups is 1. The fourth-order valence-electron chi connectivity index (χ4n) is 3.10. The van der Waals surface area contributed by atoms with Crippen molar-refractivity contribution in [3.63, 3.8) is 0 Å². The van der Waals surface area contributed by atoms with Gasteiger partial charge in [-0.2, -0.15) is 0 Å². The van der Waals surface area contributed by atoms with Crippen LogP contribution < -0.4 is 0 Å². The van der Waals surface area contributed by atoms with Crippen LogP contribution in [-0.4, -0.2) is 47.9 Å². The number of hydrogen-bond donors (Lipinski definition) is 0. The highest BCUT2D eigenvalue weighted by atomic mass is 35.5. The van der Waals surface area contributed by atoms with E-state index in [1.54, 1.807) is 0 Å². The molecule has 2 fully saturated rings. The summed E-state index contributed by atoms with van der Waals surface area (Å²) in [5.41, 5.74) is 0. The second kappa shape index (κ2) is 7.34. The molecule has 2 aliphatic rings. The monoisotopic (exact) mass is 276 g/mol. The Bertz CT molecular complexity index is 262. The van der Waals surface area contributed by atoms with Crippen LogP contribution in [0, 0.1) is 5.92 Å². The van der Waals surface area contributed by atoms with E-state index in [1.807, 2.05) is 13.8 Å². The third-order valence-electron chi connectivity index (χ3n) is 4.18. The van der Waals surface area contributed by atoms with Crippen LogP contribution in [0.25, 0.3) is 0 Å². The molecule has 0 atom stereocenters. The van der Waals surface area contributed by atoms with Crippen LogP contribution in [0.3, 0.4) is 0 Å². The Hall–Kier alpha value is -0.280. The van der Waals surface area contributed by atoms with Crippen molar-refractivity contribution in [2.45, 2.75) is 52.0 Å². The van der Waals surface area contributed by atoms with E-state index < -0.39 is 0 Å². The summed E-state index contributed by atoms with van der Waals surface area (Å²) in [4.78, 5) is 16.6. The van der Waals surface area contributed by atoms with Crippen molar-refractivity contribution in [2.75, 3.05) is 26.2 Å². The van der Waals surface area contributed by atoms with E-state index in [9.17, 15) is 4.79 Å². The Morgan fingerprint density at radius 1 is 1.06 bits per heavy atom. The fourth-order valence-corrected chi connectivity index (χ4v) is 3.10. The van der Waals surface area contributed by atoms with Crippen LogP contribution in [0.4, 0.5) is 0 Å². The molecule has 0 aromatic carbocycles. The molecule has 2 saturated heterocycles. The molecule has 0 radical (unpaired) electrons. The Balaban J connectivity index is 0.00000162. The van der Waals surface area contributed by atoms with E-state index >= 15 is 0 Å². The molecule has 18 heavy (non-hydrogen) atoms. The van der Waals surface area contributed by atoms with Crippen molar-refractivity contribution in [3.8, 4) is 0 Å². The predicted molar refractivity (Wildman–Crippen MR) is 79.2 cm³/mol. The first kappa shape index (κ1) is 15.8. The van der Waals surface area contributed by atoms with Gasteiger partial charge in [0, 0.05) is 26.5 Å². The van der Waals surface area contributed by atoms with Gasteiger partial charge in [0.15, 0.2) is 0 Å². The Morgan fingerprint density at radius 3 is 2.11 bits per heavy atom. The van der Waals surface area contributed by atoms with Crippen LogP contribution in [0.5, 0.6) is 0 Å². The minimum Gasteiger partial charge on any atom is -0.342 e. The van der Waals surface area contributed by atoms with Gasteiger partial charge in [-0.25, -0.2) is 0 Å². The smallest absolute Gasteiger partial charge is 0.225 e. The van der Waals surface area contributed by atoms with Crippen LogP contribution in [0.15, 0.2) is 0 Å². The summed E-state index contributed by atoms with van der Waals surface area (Å²) in [7, 11) is 0. The standard InChI is InChI=1S/C14H26N2O.ClH.H2/c1-12(2)14(17)16-10-6-13(7-11-16)15-8-4-3-5-9-15;;/h12-13H,3-11H2,1-2H3;2*1H. The summed E-state index contributed by atoms with van der Waals surface area (Å²) in [5.74, 6) is 0.489. The second-order valence-electron chi connectivity index (χ2n) is 5.81. The molecule has 4 heteroatoms. The first-order valence-corrected chi connectivity index (χ1v) is 7.21. The molecule has 0 N–H and O–H groups in total. The lowest BCUT2D eigenvalue weighted by Crippen LogP contribution is -2.48. The number of rotatable bonds is 2. The number of amides is 1. The molecule has 0 bridgehead atoms. The Labute approximate surface area is 119 Å². The average molecular weight is 277 g/mol. The molecule has 3 nitrogen and oxygen atoms in total. The summed E-state index contributed by atoms with van der Waals surface area (Å²) >= 11 is 0. The summed E-state index contributed by atoms with van der Waals surface area (Å²) < 4.78 is 0. The van der Waals surface area contributed by atoms with Gasteiger partial charge in [-0.05, 0) is 38.8 Å². The van der Waals surface area contributed by atoms with Gasteiger partial charge in [-0.3, -0.25) is 4.79 Å². The highest BCUT2D eigenvalue weighted by Crippen LogP contribution is 2.21. The van der Waals surface area contributed by atoms with Crippen molar-refractivity contribution in [1.82, 2.24) is 9.80 Å². The average Bonchev–Trinajstić information content (AvgIpc) is 2.39. The van der Waals surface area contributed by atoms with Gasteiger partial charge in [0.2, 0.25) is 5.91 Å². The Kier molecular flexibility index (Phi) is 6.44. The van der Waals surface area contributed by atoms with Gasteiger partial charge in [-0.1, -0.05) is 20.3 Å². The van der Waals surface area contributed by atoms with Gasteiger partial charge < -0.3 is 9.80 Å². The number of piperidine rings is 2. The first-order chi connectivity index (χ1) is 8.18. The van der Waals surface area contributed by atoms with E-state index in [2.05, 4.69) is 9.80 Å². The minimum absolute atomic E-state index is 0. The van der Waals surface area contributed by atoms with Crippen LogP contribution in [-0.2, 0) is 4.79 Å². The summed E-state index contributed by atoms with van der Waals surface area (Å²) in [5, 5.41) is 0. The number of nitrogens with zero attached hydrogens (tertiary/aromatic N) is 2. The van der Waals surface area contributed by atoms with Crippen molar-refractivity contribution in [3.05, 3.63) is 0 Å². The molecule has 0 aromatic heterocycles. The van der Waals surface area contributed by atoms with Crippen molar-refractivity contribution >= 4 is 18.3 Å². The molecule has 1 amide bonds. The highest BCUT2D eigenvalue weighted by molar-refractivity contribution is 5.85. The van der Waals surface area contributed by atoms with Gasteiger partial charge in [0.25, 0.3) is 0 Å². The van der Waals surface area contributed by atoms with E-state index in [4.69, 9.17) is 0 Å². The SMILES string of the molecule is CC(C)C(=O)N1CCC(N2CCCCC2)CC1.Cl.[HH]. The van der Waals surface area contributed by atoms with E-state index in [0.29, 0.717) is 5.91 Å². The van der Waals surface area contributed by atoms with E-state index in [0.717, 1.165) is 19.1 Å². The van der Waals surface area contributed by atoms with Crippen LogP contribution >= 0.6 is 12.4 Å². The molecule has 108 valence electrons. The molecular formula is C14H29ClN2O. The van der Waals surface area contributed by atoms with Gasteiger partial charge >= 0.3 is 0 Å². The quantitative estimate of drug-likeness (QED) is 0.774. The molecule has 0 spiro atoms. The van der Waals surface area contributed by atoms with Crippen molar-refractivity contribution < 1.29 is 6.22 Å². The molecule has 0 aromatic rings. The van der Waals surface area contributed by atoms with E-state index in [1.165, 1.54) is 45.2 Å². The lowest BCUT2D eigenvalue weighted by Gasteiger charge is -2.40. The van der Waals surface area contributed by atoms with Gasteiger partial charge in [0.1, 0.15) is 0 Å². The zero-order valence-electron chi connectivity index (χ0n) is 11.7. The van der Waals surface area contributed by atoms with Crippen LogP contribution in [0.2, 0.25) is 0 Å². The highest BCUT2D eigenvalue weighted by Gasteiger charge is 2.28. The maximum Gasteiger partial charge on any atom is 0.225 e. The molecule has 0 aliphatic carbocycles. The first-order valence-electron chi connectivity index (χ1n) is 7.21. The number of likely N-dealkylation sites (tertiary alicyclic amines) is 2. The molecule has 2 aliphatic heterocycles. The lowest BCUT2D eigenvalue weighted by molar-refractivity contribution is -0.136. The van der Waals surface area contributed by atoms with Crippen molar-refractivity contribution in [2.24, 2.45) is 5.92 Å². The fraction of sp³-hybridized carbons (Fsp3) is 0.929. The number of halogens is 1. The molecule has 0 unspecified atom stereocenters.